The van der Waals surface area contributed by atoms with E-state index in [0.29, 0.717) is 52.1 Å². The van der Waals surface area contributed by atoms with Gasteiger partial charge in [-0.15, -0.1) is 0 Å². The zero-order chi connectivity index (χ0) is 20.8. The van der Waals surface area contributed by atoms with Crippen molar-refractivity contribution in [2.45, 2.75) is 26.7 Å². The Morgan fingerprint density at radius 1 is 0.862 bits per heavy atom. The van der Waals surface area contributed by atoms with E-state index in [9.17, 15) is 14.4 Å². The summed E-state index contributed by atoms with van der Waals surface area (Å²) in [5.41, 5.74) is 1.00. The predicted molar refractivity (Wildman–Crippen MR) is 113 cm³/mol. The zero-order valence-corrected chi connectivity index (χ0v) is 17.4. The summed E-state index contributed by atoms with van der Waals surface area (Å²) in [6, 6.07) is 9.76. The van der Waals surface area contributed by atoms with Gasteiger partial charge < -0.3 is 14.7 Å². The highest BCUT2D eigenvalue weighted by molar-refractivity contribution is 5.92. The first-order valence-corrected chi connectivity index (χ1v) is 10.6. The van der Waals surface area contributed by atoms with Gasteiger partial charge in [0.1, 0.15) is 0 Å². The quantitative estimate of drug-likeness (QED) is 0.733. The van der Waals surface area contributed by atoms with Gasteiger partial charge in [0.25, 0.3) is 0 Å². The Bertz CT molecular complexity index is 744. The molecule has 29 heavy (non-hydrogen) atoms. The van der Waals surface area contributed by atoms with Crippen molar-refractivity contribution in [3.05, 3.63) is 42.0 Å². The maximum absolute atomic E-state index is 12.9. The van der Waals surface area contributed by atoms with E-state index in [-0.39, 0.29) is 29.6 Å². The van der Waals surface area contributed by atoms with Crippen LogP contribution in [0.25, 0.3) is 6.08 Å². The average Bonchev–Trinajstić information content (AvgIpc) is 2.77. The molecule has 3 amide bonds. The number of likely N-dealkylation sites (tertiary alicyclic amines) is 1. The Balaban J connectivity index is 1.44. The summed E-state index contributed by atoms with van der Waals surface area (Å²) in [5.74, 6) is 0.307. The van der Waals surface area contributed by atoms with Crippen LogP contribution in [0.2, 0.25) is 0 Å². The van der Waals surface area contributed by atoms with E-state index >= 15 is 0 Å². The molecule has 0 N–H and O–H groups in total. The molecule has 6 nitrogen and oxygen atoms in total. The van der Waals surface area contributed by atoms with Gasteiger partial charge in [0, 0.05) is 57.2 Å². The minimum Gasteiger partial charge on any atom is -0.339 e. The summed E-state index contributed by atoms with van der Waals surface area (Å²) in [6.07, 6.45) is 4.85. The van der Waals surface area contributed by atoms with Crippen molar-refractivity contribution < 1.29 is 14.4 Å². The van der Waals surface area contributed by atoms with Gasteiger partial charge in [-0.25, -0.2) is 0 Å². The highest BCUT2D eigenvalue weighted by atomic mass is 16.2. The van der Waals surface area contributed by atoms with Crippen LogP contribution < -0.4 is 0 Å². The van der Waals surface area contributed by atoms with Crippen molar-refractivity contribution in [2.24, 2.45) is 11.8 Å². The third kappa shape index (κ3) is 5.46. The van der Waals surface area contributed by atoms with Gasteiger partial charge >= 0.3 is 0 Å². The molecule has 3 rings (SSSR count). The molecule has 2 saturated heterocycles. The van der Waals surface area contributed by atoms with Crippen molar-refractivity contribution in [1.29, 1.82) is 0 Å². The van der Waals surface area contributed by atoms with Crippen molar-refractivity contribution in [1.82, 2.24) is 14.7 Å². The molecule has 2 aliphatic heterocycles. The third-order valence-electron chi connectivity index (χ3n) is 5.77. The molecule has 0 aliphatic carbocycles. The first-order chi connectivity index (χ1) is 14.0. The number of hydrogen-bond acceptors (Lipinski definition) is 3. The number of rotatable bonds is 4. The van der Waals surface area contributed by atoms with Crippen LogP contribution >= 0.6 is 0 Å². The molecule has 0 bridgehead atoms. The van der Waals surface area contributed by atoms with E-state index in [2.05, 4.69) is 0 Å². The molecule has 156 valence electrons. The first-order valence-electron chi connectivity index (χ1n) is 10.6. The lowest BCUT2D eigenvalue weighted by atomic mass is 9.94. The molecule has 6 heteroatoms. The van der Waals surface area contributed by atoms with Crippen molar-refractivity contribution in [3.8, 4) is 0 Å². The van der Waals surface area contributed by atoms with Crippen LogP contribution in [0.1, 0.15) is 32.3 Å². The summed E-state index contributed by atoms with van der Waals surface area (Å²) in [6.45, 7) is 7.48. The van der Waals surface area contributed by atoms with Crippen LogP contribution in [0.4, 0.5) is 0 Å². The fourth-order valence-electron chi connectivity index (χ4n) is 3.95. The van der Waals surface area contributed by atoms with Crippen LogP contribution in [0.3, 0.4) is 0 Å². The number of carbonyl (C=O) groups excluding carboxylic acids is 3. The summed E-state index contributed by atoms with van der Waals surface area (Å²) in [4.78, 5) is 42.9. The highest BCUT2D eigenvalue weighted by Gasteiger charge is 2.32. The minimum absolute atomic E-state index is 0.000522. The van der Waals surface area contributed by atoms with Crippen LogP contribution in [-0.2, 0) is 14.4 Å². The number of piperazine rings is 1. The van der Waals surface area contributed by atoms with E-state index in [1.165, 1.54) is 0 Å². The van der Waals surface area contributed by atoms with Crippen molar-refractivity contribution in [2.75, 3.05) is 39.3 Å². The Labute approximate surface area is 173 Å². The van der Waals surface area contributed by atoms with Crippen LogP contribution in [0.15, 0.2) is 36.4 Å². The zero-order valence-electron chi connectivity index (χ0n) is 17.4. The second-order valence-electron chi connectivity index (χ2n) is 8.15. The number of carbonyl (C=O) groups is 3. The molecule has 1 aromatic rings. The van der Waals surface area contributed by atoms with Crippen LogP contribution in [0.5, 0.6) is 0 Å². The molecule has 2 heterocycles. The smallest absolute Gasteiger partial charge is 0.246 e. The Morgan fingerprint density at radius 2 is 1.45 bits per heavy atom. The summed E-state index contributed by atoms with van der Waals surface area (Å²) in [7, 11) is 0. The topological polar surface area (TPSA) is 60.9 Å². The molecule has 0 unspecified atom stereocenters. The molecular weight excluding hydrogens is 366 g/mol. The number of piperidine rings is 1. The minimum atomic E-state index is -0.0236. The second kappa shape index (κ2) is 9.72. The van der Waals surface area contributed by atoms with Gasteiger partial charge in [-0.2, -0.15) is 0 Å². The fraction of sp³-hybridized carbons (Fsp3) is 0.522. The van der Waals surface area contributed by atoms with E-state index in [1.807, 2.05) is 65.0 Å². The van der Waals surface area contributed by atoms with E-state index in [0.717, 1.165) is 5.56 Å². The molecular formula is C23H31N3O3. The molecule has 0 saturated carbocycles. The van der Waals surface area contributed by atoms with Crippen LogP contribution in [-0.4, -0.2) is 71.7 Å². The number of benzene rings is 1. The number of amides is 3. The lowest BCUT2D eigenvalue weighted by molar-refractivity contribution is -0.145. The number of nitrogens with zero attached hydrogens (tertiary/aromatic N) is 3. The van der Waals surface area contributed by atoms with Gasteiger partial charge in [0.2, 0.25) is 17.7 Å². The second-order valence-corrected chi connectivity index (χ2v) is 8.15. The molecule has 2 aliphatic rings. The van der Waals surface area contributed by atoms with Gasteiger partial charge in [0.15, 0.2) is 0 Å². The lowest BCUT2D eigenvalue weighted by Crippen LogP contribution is -2.53. The van der Waals surface area contributed by atoms with Crippen LogP contribution in [0, 0.1) is 11.8 Å². The van der Waals surface area contributed by atoms with E-state index < -0.39 is 0 Å². The maximum atomic E-state index is 12.9. The fourth-order valence-corrected chi connectivity index (χ4v) is 3.95. The third-order valence-corrected chi connectivity index (χ3v) is 5.77. The SMILES string of the molecule is CC(C)C(=O)N1CCN(C(=O)C2CCN(C(=O)/C=C/c3ccccc3)CC2)CC1. The Kier molecular flexibility index (Phi) is 7.07. The number of hydrogen-bond donors (Lipinski definition) is 0. The maximum Gasteiger partial charge on any atom is 0.246 e. The molecule has 0 radical (unpaired) electrons. The summed E-state index contributed by atoms with van der Waals surface area (Å²) < 4.78 is 0. The molecule has 0 atom stereocenters. The standard InChI is InChI=1S/C23H31N3O3/c1-18(2)22(28)25-14-16-26(17-15-25)23(29)20-10-12-24(13-11-20)21(27)9-8-19-6-4-3-5-7-19/h3-9,18,20H,10-17H2,1-2H3/b9-8+. The summed E-state index contributed by atoms with van der Waals surface area (Å²) in [5, 5.41) is 0. The molecule has 2 fully saturated rings. The lowest BCUT2D eigenvalue weighted by Gasteiger charge is -2.39. The normalized spacial score (nSPS) is 18.5. The molecule has 0 spiro atoms. The van der Waals surface area contributed by atoms with Gasteiger partial charge in [-0.3, -0.25) is 14.4 Å². The predicted octanol–water partition coefficient (Wildman–Crippen LogP) is 2.27. The van der Waals surface area contributed by atoms with E-state index in [4.69, 9.17) is 0 Å². The molecule has 0 aromatic heterocycles. The van der Waals surface area contributed by atoms with Gasteiger partial charge in [-0.05, 0) is 24.5 Å². The summed E-state index contributed by atoms with van der Waals surface area (Å²) >= 11 is 0. The van der Waals surface area contributed by atoms with Gasteiger partial charge in [0.05, 0.1) is 0 Å². The van der Waals surface area contributed by atoms with E-state index in [1.54, 1.807) is 6.08 Å². The average molecular weight is 398 g/mol. The molecule has 1 aromatic carbocycles. The van der Waals surface area contributed by atoms with Crippen molar-refractivity contribution >= 4 is 23.8 Å². The Morgan fingerprint density at radius 3 is 2.03 bits per heavy atom. The monoisotopic (exact) mass is 397 g/mol. The first kappa shape index (κ1) is 21.1. The Hall–Kier alpha value is -2.63. The largest absolute Gasteiger partial charge is 0.339 e. The highest BCUT2D eigenvalue weighted by Crippen LogP contribution is 2.21. The van der Waals surface area contributed by atoms with Gasteiger partial charge in [-0.1, -0.05) is 44.2 Å². The van der Waals surface area contributed by atoms with Crippen molar-refractivity contribution in [3.63, 3.8) is 0 Å².